The Balaban J connectivity index is 1.43. The lowest BCUT2D eigenvalue weighted by atomic mass is 9.89. The average Bonchev–Trinajstić information content (AvgIpc) is 3.13. The third kappa shape index (κ3) is 4.90. The minimum absolute atomic E-state index is 0.0168. The predicted octanol–water partition coefficient (Wildman–Crippen LogP) is 3.60. The molecule has 6 nitrogen and oxygen atoms in total. The summed E-state index contributed by atoms with van der Waals surface area (Å²) in [5.41, 5.74) is 2.40. The average molecular weight is 410 g/mol. The molecule has 4 rings (SSSR count). The van der Waals surface area contributed by atoms with Gasteiger partial charge in [0, 0.05) is 36.7 Å². The van der Waals surface area contributed by atoms with Crippen molar-refractivity contribution < 1.29 is 9.18 Å². The molecule has 1 aliphatic heterocycles. The van der Waals surface area contributed by atoms with Crippen molar-refractivity contribution >= 4 is 16.7 Å². The number of alkyl halides is 1. The number of fused-ring (bicyclic) bond motifs is 1. The van der Waals surface area contributed by atoms with Crippen LogP contribution in [0.5, 0.6) is 0 Å². The van der Waals surface area contributed by atoms with Crippen LogP contribution in [0.2, 0.25) is 0 Å². The first-order valence-corrected chi connectivity index (χ1v) is 10.5. The van der Waals surface area contributed by atoms with Crippen molar-refractivity contribution in [2.75, 3.05) is 19.6 Å². The smallest absolute Gasteiger partial charge is 0.142 e. The van der Waals surface area contributed by atoms with E-state index in [4.69, 9.17) is 0 Å². The monoisotopic (exact) mass is 409 g/mol. The molecule has 2 aromatic heterocycles. The number of halogens is 1. The predicted molar refractivity (Wildman–Crippen MR) is 115 cm³/mol. The van der Waals surface area contributed by atoms with E-state index in [1.165, 1.54) is 0 Å². The van der Waals surface area contributed by atoms with Crippen LogP contribution in [0.25, 0.3) is 22.0 Å². The highest BCUT2D eigenvalue weighted by Gasteiger charge is 2.28. The molecule has 0 radical (unpaired) electrons. The van der Waals surface area contributed by atoms with E-state index in [-0.39, 0.29) is 11.7 Å². The van der Waals surface area contributed by atoms with Crippen molar-refractivity contribution in [2.45, 2.75) is 38.8 Å². The van der Waals surface area contributed by atoms with Crippen molar-refractivity contribution in [2.24, 2.45) is 13.0 Å². The van der Waals surface area contributed by atoms with Crippen LogP contribution in [-0.2, 0) is 18.3 Å². The van der Waals surface area contributed by atoms with E-state index < -0.39 is 5.67 Å². The van der Waals surface area contributed by atoms with Gasteiger partial charge in [0.25, 0.3) is 0 Å². The van der Waals surface area contributed by atoms with Crippen LogP contribution in [-0.4, -0.2) is 56.0 Å². The van der Waals surface area contributed by atoms with Gasteiger partial charge < -0.3 is 4.90 Å². The van der Waals surface area contributed by atoms with E-state index in [0.717, 1.165) is 48.0 Å². The first-order chi connectivity index (χ1) is 14.3. The van der Waals surface area contributed by atoms with Crippen molar-refractivity contribution in [1.29, 1.82) is 0 Å². The molecule has 158 valence electrons. The Bertz CT molecular complexity index is 1050. The molecule has 0 bridgehead atoms. The molecule has 0 saturated carbocycles. The largest absolute Gasteiger partial charge is 0.300 e. The van der Waals surface area contributed by atoms with Crippen LogP contribution < -0.4 is 0 Å². The zero-order chi connectivity index (χ0) is 21.3. The summed E-state index contributed by atoms with van der Waals surface area (Å²) in [5, 5.41) is 13.8. The van der Waals surface area contributed by atoms with Gasteiger partial charge in [0.1, 0.15) is 11.5 Å². The Morgan fingerprint density at radius 2 is 1.93 bits per heavy atom. The van der Waals surface area contributed by atoms with Crippen LogP contribution in [0.1, 0.15) is 32.4 Å². The highest BCUT2D eigenvalue weighted by molar-refractivity contribution is 5.86. The fourth-order valence-electron chi connectivity index (χ4n) is 4.19. The second kappa shape index (κ2) is 8.22. The Labute approximate surface area is 176 Å². The summed E-state index contributed by atoms with van der Waals surface area (Å²) in [5.74, 6) is 0.217. The zero-order valence-corrected chi connectivity index (χ0v) is 17.8. The number of piperidine rings is 1. The maximum atomic E-state index is 13.9. The number of hydrogen-bond donors (Lipinski definition) is 0. The Hall–Kier alpha value is -2.67. The van der Waals surface area contributed by atoms with Gasteiger partial charge >= 0.3 is 0 Å². The number of benzene rings is 1. The second-order valence-corrected chi connectivity index (χ2v) is 8.92. The molecule has 1 saturated heterocycles. The lowest BCUT2D eigenvalue weighted by molar-refractivity contribution is -0.123. The lowest BCUT2D eigenvalue weighted by Crippen LogP contribution is -2.42. The molecule has 0 amide bonds. The Kier molecular flexibility index (Phi) is 5.64. The molecule has 1 aromatic carbocycles. The summed E-state index contributed by atoms with van der Waals surface area (Å²) >= 11 is 0. The van der Waals surface area contributed by atoms with Gasteiger partial charge in [-0.25, -0.2) is 4.39 Å². The number of Topliss-reactive ketones (excluding diaryl/α,β-unsaturated/α-hetero) is 1. The molecule has 0 aliphatic carbocycles. The number of hydrogen-bond acceptors (Lipinski definition) is 5. The summed E-state index contributed by atoms with van der Waals surface area (Å²) in [7, 11) is 1.89. The molecule has 7 heteroatoms. The van der Waals surface area contributed by atoms with Crippen LogP contribution in [0.4, 0.5) is 4.39 Å². The Morgan fingerprint density at radius 3 is 2.60 bits per heavy atom. The summed E-state index contributed by atoms with van der Waals surface area (Å²) in [6.07, 6.45) is 5.65. The van der Waals surface area contributed by atoms with Gasteiger partial charge in [0.15, 0.2) is 0 Å². The molecular formula is C23H28FN5O. The molecular weight excluding hydrogens is 381 g/mol. The summed E-state index contributed by atoms with van der Waals surface area (Å²) in [4.78, 5) is 14.9. The SMILES string of the molecule is Cn1cc(-c2ccc3nnc(CC(=O)C4CCN(CC(C)(C)F)CC4)cc3c2)cn1. The van der Waals surface area contributed by atoms with Crippen molar-refractivity contribution in [3.8, 4) is 11.1 Å². The number of carbonyl (C=O) groups excluding carboxylic acids is 1. The van der Waals surface area contributed by atoms with E-state index in [1.807, 2.05) is 37.6 Å². The molecule has 1 aliphatic rings. The number of aryl methyl sites for hydroxylation is 1. The normalized spacial score (nSPS) is 16.3. The number of rotatable bonds is 6. The van der Waals surface area contributed by atoms with Gasteiger partial charge in [-0.1, -0.05) is 6.07 Å². The molecule has 0 N–H and O–H groups in total. The first kappa shape index (κ1) is 20.6. The quantitative estimate of drug-likeness (QED) is 0.622. The topological polar surface area (TPSA) is 63.9 Å². The molecule has 3 heterocycles. The summed E-state index contributed by atoms with van der Waals surface area (Å²) < 4.78 is 15.6. The molecule has 0 unspecified atom stereocenters. The summed E-state index contributed by atoms with van der Waals surface area (Å²) in [6, 6.07) is 7.97. The lowest BCUT2D eigenvalue weighted by Gasteiger charge is -2.33. The molecule has 0 spiro atoms. The number of ketones is 1. The molecule has 30 heavy (non-hydrogen) atoms. The van der Waals surface area contributed by atoms with E-state index in [2.05, 4.69) is 26.3 Å². The van der Waals surface area contributed by atoms with Gasteiger partial charge in [-0.2, -0.15) is 15.3 Å². The molecule has 1 fully saturated rings. The van der Waals surface area contributed by atoms with E-state index in [9.17, 15) is 9.18 Å². The number of likely N-dealkylation sites (tertiary alicyclic amines) is 1. The third-order valence-electron chi connectivity index (χ3n) is 5.67. The van der Waals surface area contributed by atoms with Crippen LogP contribution in [0.3, 0.4) is 0 Å². The van der Waals surface area contributed by atoms with Crippen LogP contribution in [0, 0.1) is 5.92 Å². The minimum atomic E-state index is -1.20. The fourth-order valence-corrected chi connectivity index (χ4v) is 4.19. The maximum Gasteiger partial charge on any atom is 0.142 e. The van der Waals surface area contributed by atoms with Crippen molar-refractivity contribution in [3.63, 3.8) is 0 Å². The van der Waals surface area contributed by atoms with E-state index in [0.29, 0.717) is 18.7 Å². The van der Waals surface area contributed by atoms with Crippen LogP contribution in [0.15, 0.2) is 36.7 Å². The Morgan fingerprint density at radius 1 is 1.17 bits per heavy atom. The third-order valence-corrected chi connectivity index (χ3v) is 5.67. The van der Waals surface area contributed by atoms with Crippen molar-refractivity contribution in [3.05, 3.63) is 42.4 Å². The fraction of sp³-hybridized carbons (Fsp3) is 0.478. The second-order valence-electron chi connectivity index (χ2n) is 8.92. The first-order valence-electron chi connectivity index (χ1n) is 10.5. The number of carbonyl (C=O) groups is 1. The number of aromatic nitrogens is 4. The van der Waals surface area contributed by atoms with Crippen molar-refractivity contribution in [1.82, 2.24) is 24.9 Å². The summed E-state index contributed by atoms with van der Waals surface area (Å²) in [6.45, 7) is 5.15. The highest BCUT2D eigenvalue weighted by Crippen LogP contribution is 2.25. The number of nitrogens with zero attached hydrogens (tertiary/aromatic N) is 5. The standard InChI is InChI=1S/C23H28FN5O/c1-23(2,24)15-29-8-6-16(7-9-29)22(30)12-20-11-18-10-17(4-5-21(18)27-26-20)19-13-25-28(3)14-19/h4-5,10-11,13-14,16H,6-9,12,15H2,1-3H3. The van der Waals surface area contributed by atoms with Crippen LogP contribution >= 0.6 is 0 Å². The highest BCUT2D eigenvalue weighted by atomic mass is 19.1. The van der Waals surface area contributed by atoms with Gasteiger partial charge in [-0.05, 0) is 63.5 Å². The maximum absolute atomic E-state index is 13.9. The van der Waals surface area contributed by atoms with Gasteiger partial charge in [-0.15, -0.1) is 0 Å². The molecule has 0 atom stereocenters. The van der Waals surface area contributed by atoms with E-state index in [1.54, 1.807) is 18.5 Å². The molecule has 3 aromatic rings. The van der Waals surface area contributed by atoms with Gasteiger partial charge in [-0.3, -0.25) is 9.48 Å². The van der Waals surface area contributed by atoms with E-state index >= 15 is 0 Å². The van der Waals surface area contributed by atoms with Gasteiger partial charge in [0.2, 0.25) is 0 Å². The minimum Gasteiger partial charge on any atom is -0.300 e. The van der Waals surface area contributed by atoms with Gasteiger partial charge in [0.05, 0.1) is 23.8 Å². The zero-order valence-electron chi connectivity index (χ0n) is 17.8.